The highest BCUT2D eigenvalue weighted by atomic mass is 35.5. The van der Waals surface area contributed by atoms with E-state index >= 15 is 0 Å². The van der Waals surface area contributed by atoms with E-state index in [0.29, 0.717) is 5.69 Å². The summed E-state index contributed by atoms with van der Waals surface area (Å²) in [5, 5.41) is 5.66. The van der Waals surface area contributed by atoms with Crippen molar-refractivity contribution < 1.29 is 8.78 Å². The third kappa shape index (κ3) is 3.56. The van der Waals surface area contributed by atoms with Gasteiger partial charge in [-0.05, 0) is 42.5 Å². The first-order valence-corrected chi connectivity index (χ1v) is 6.61. The molecule has 104 valence electrons. The molecule has 0 fully saturated rings. The molecule has 0 heterocycles. The molecule has 0 saturated carbocycles. The Morgan fingerprint density at radius 3 is 2.35 bits per heavy atom. The van der Waals surface area contributed by atoms with Crippen LogP contribution in [-0.2, 0) is 0 Å². The predicted molar refractivity (Wildman–Crippen MR) is 82.7 cm³/mol. The molecule has 2 nitrogen and oxygen atoms in total. The summed E-state index contributed by atoms with van der Waals surface area (Å²) in [6.45, 7) is 0. The molecule has 0 aromatic heterocycles. The van der Waals surface area contributed by atoms with E-state index in [0.717, 1.165) is 6.07 Å². The van der Waals surface area contributed by atoms with Gasteiger partial charge in [-0.1, -0.05) is 29.3 Å². The lowest BCUT2D eigenvalue weighted by atomic mass is 10.3. The molecule has 0 spiro atoms. The minimum atomic E-state index is -0.608. The fourth-order valence-corrected chi connectivity index (χ4v) is 2.08. The summed E-state index contributed by atoms with van der Waals surface area (Å²) in [5.74, 6) is -1.07. The summed E-state index contributed by atoms with van der Waals surface area (Å²) in [7, 11) is 0. The van der Waals surface area contributed by atoms with Gasteiger partial charge in [-0.15, -0.1) is 0 Å². The van der Waals surface area contributed by atoms with Crippen LogP contribution in [0.3, 0.4) is 0 Å². The first kappa shape index (κ1) is 15.0. The Hall–Kier alpha value is -1.43. The molecule has 2 aromatic carbocycles. The molecule has 0 aliphatic rings. The van der Waals surface area contributed by atoms with Crippen LogP contribution in [0.15, 0.2) is 36.4 Å². The molecule has 0 aliphatic heterocycles. The van der Waals surface area contributed by atoms with Crippen LogP contribution < -0.4 is 10.6 Å². The fourth-order valence-electron chi connectivity index (χ4n) is 1.47. The van der Waals surface area contributed by atoms with Gasteiger partial charge in [0.2, 0.25) is 0 Å². The summed E-state index contributed by atoms with van der Waals surface area (Å²) in [6, 6.07) is 8.31. The van der Waals surface area contributed by atoms with Crippen LogP contribution in [0.4, 0.5) is 20.2 Å². The van der Waals surface area contributed by atoms with E-state index in [4.69, 9.17) is 35.4 Å². The maximum Gasteiger partial charge on any atom is 0.175 e. The number of hydrogen-bond acceptors (Lipinski definition) is 1. The van der Waals surface area contributed by atoms with Gasteiger partial charge < -0.3 is 10.6 Å². The zero-order chi connectivity index (χ0) is 14.7. The number of thiocarbonyl (C=S) groups is 1. The van der Waals surface area contributed by atoms with E-state index in [-0.39, 0.29) is 20.8 Å². The van der Waals surface area contributed by atoms with E-state index in [2.05, 4.69) is 10.6 Å². The van der Waals surface area contributed by atoms with Crippen molar-refractivity contribution in [1.82, 2.24) is 0 Å². The molecule has 0 aliphatic carbocycles. The molecule has 2 N–H and O–H groups in total. The second-order valence-electron chi connectivity index (χ2n) is 3.80. The van der Waals surface area contributed by atoms with Crippen molar-refractivity contribution in [3.63, 3.8) is 0 Å². The van der Waals surface area contributed by atoms with Crippen LogP contribution in [0.1, 0.15) is 0 Å². The second kappa shape index (κ2) is 6.35. The SMILES string of the molecule is Fc1ccc(NC(=S)Nc2cccc(Cl)c2F)c(Cl)c1. The third-order valence-electron chi connectivity index (χ3n) is 2.38. The Balaban J connectivity index is 2.11. The van der Waals surface area contributed by atoms with Crippen molar-refractivity contribution in [3.05, 3.63) is 58.1 Å². The zero-order valence-corrected chi connectivity index (χ0v) is 12.2. The van der Waals surface area contributed by atoms with Crippen molar-refractivity contribution in [3.8, 4) is 0 Å². The number of halogens is 4. The lowest BCUT2D eigenvalue weighted by molar-refractivity contribution is 0.628. The largest absolute Gasteiger partial charge is 0.331 e. The van der Waals surface area contributed by atoms with Crippen LogP contribution in [0, 0.1) is 11.6 Å². The van der Waals surface area contributed by atoms with Gasteiger partial charge in [0.1, 0.15) is 5.82 Å². The van der Waals surface area contributed by atoms with E-state index < -0.39 is 11.6 Å². The van der Waals surface area contributed by atoms with Gasteiger partial charge >= 0.3 is 0 Å². The van der Waals surface area contributed by atoms with Crippen molar-refractivity contribution in [2.24, 2.45) is 0 Å². The fraction of sp³-hybridized carbons (Fsp3) is 0. The molecule has 0 unspecified atom stereocenters. The smallest absolute Gasteiger partial charge is 0.175 e. The van der Waals surface area contributed by atoms with Gasteiger partial charge in [0, 0.05) is 0 Å². The lowest BCUT2D eigenvalue weighted by Gasteiger charge is -2.12. The monoisotopic (exact) mass is 332 g/mol. The van der Waals surface area contributed by atoms with Crippen molar-refractivity contribution in [1.29, 1.82) is 0 Å². The van der Waals surface area contributed by atoms with Crippen LogP contribution in [-0.4, -0.2) is 5.11 Å². The van der Waals surface area contributed by atoms with E-state index in [1.807, 2.05) is 0 Å². The van der Waals surface area contributed by atoms with Crippen molar-refractivity contribution >= 4 is 51.9 Å². The minimum Gasteiger partial charge on any atom is -0.331 e. The Kier molecular flexibility index (Phi) is 4.75. The Bertz CT molecular complexity index is 665. The highest BCUT2D eigenvalue weighted by Gasteiger charge is 2.09. The first-order chi connectivity index (χ1) is 9.47. The molecule has 0 radical (unpaired) electrons. The number of hydrogen-bond donors (Lipinski definition) is 2. The van der Waals surface area contributed by atoms with Crippen molar-refractivity contribution in [2.45, 2.75) is 0 Å². The molecule has 0 amide bonds. The molecule has 0 bridgehead atoms. The minimum absolute atomic E-state index is 0.0161. The summed E-state index contributed by atoms with van der Waals surface area (Å²) < 4.78 is 26.6. The summed E-state index contributed by atoms with van der Waals surface area (Å²) >= 11 is 16.5. The molecular formula is C13H8Cl2F2N2S. The maximum absolute atomic E-state index is 13.7. The average Bonchev–Trinajstić information content (AvgIpc) is 2.38. The predicted octanol–water partition coefficient (Wildman–Crippen LogP) is 5.08. The molecule has 2 rings (SSSR count). The van der Waals surface area contributed by atoms with Gasteiger partial charge in [-0.2, -0.15) is 0 Å². The van der Waals surface area contributed by atoms with Crippen LogP contribution in [0.25, 0.3) is 0 Å². The number of nitrogens with one attached hydrogen (secondary N) is 2. The molecular weight excluding hydrogens is 325 g/mol. The third-order valence-corrected chi connectivity index (χ3v) is 3.19. The Morgan fingerprint density at radius 2 is 1.65 bits per heavy atom. The molecule has 7 heteroatoms. The Morgan fingerprint density at radius 1 is 0.950 bits per heavy atom. The quantitative estimate of drug-likeness (QED) is 0.750. The van der Waals surface area contributed by atoms with E-state index in [1.54, 1.807) is 6.07 Å². The standard InChI is InChI=1S/C13H8Cl2F2N2S/c14-8-2-1-3-11(12(8)17)19-13(20)18-10-5-4-7(16)6-9(10)15/h1-6H,(H2,18,19,20). The maximum atomic E-state index is 13.7. The van der Waals surface area contributed by atoms with Crippen LogP contribution in [0.5, 0.6) is 0 Å². The summed E-state index contributed by atoms with van der Waals surface area (Å²) in [5.41, 5.74) is 0.543. The van der Waals surface area contributed by atoms with Gasteiger partial charge in [-0.3, -0.25) is 0 Å². The van der Waals surface area contributed by atoms with Gasteiger partial charge in [-0.25, -0.2) is 8.78 Å². The highest BCUT2D eigenvalue weighted by Crippen LogP contribution is 2.24. The number of benzene rings is 2. The van der Waals surface area contributed by atoms with E-state index in [1.165, 1.54) is 24.3 Å². The molecule has 2 aromatic rings. The van der Waals surface area contributed by atoms with Crippen LogP contribution in [0.2, 0.25) is 10.0 Å². The summed E-state index contributed by atoms with van der Waals surface area (Å²) in [4.78, 5) is 0. The van der Waals surface area contributed by atoms with Gasteiger partial charge in [0.05, 0.1) is 21.4 Å². The van der Waals surface area contributed by atoms with Crippen molar-refractivity contribution in [2.75, 3.05) is 10.6 Å². The van der Waals surface area contributed by atoms with Crippen LogP contribution >= 0.6 is 35.4 Å². The molecule has 20 heavy (non-hydrogen) atoms. The first-order valence-electron chi connectivity index (χ1n) is 5.44. The summed E-state index contributed by atoms with van der Waals surface area (Å²) in [6.07, 6.45) is 0. The van der Waals surface area contributed by atoms with Gasteiger partial charge in [0.15, 0.2) is 10.9 Å². The van der Waals surface area contributed by atoms with Gasteiger partial charge in [0.25, 0.3) is 0 Å². The highest BCUT2D eigenvalue weighted by molar-refractivity contribution is 7.80. The van der Waals surface area contributed by atoms with E-state index in [9.17, 15) is 8.78 Å². The topological polar surface area (TPSA) is 24.1 Å². The Labute approximate surface area is 129 Å². The molecule has 0 saturated heterocycles. The lowest BCUT2D eigenvalue weighted by Crippen LogP contribution is -2.20. The normalized spacial score (nSPS) is 10.2. The molecule has 0 atom stereocenters. The number of anilines is 2. The zero-order valence-electron chi connectivity index (χ0n) is 9.88. The second-order valence-corrected chi connectivity index (χ2v) is 5.03. The average molecular weight is 333 g/mol. The number of rotatable bonds is 2.